The molecule has 0 amide bonds. The van der Waals surface area contributed by atoms with Crippen LogP contribution in [0.4, 0.5) is 0 Å². The van der Waals surface area contributed by atoms with E-state index in [0.717, 1.165) is 0 Å². The molecule has 0 aliphatic carbocycles. The molecule has 7 heteroatoms. The standard InChI is InChI=1S/C20H20ClNO5/c1-20(2,3)27-19(23)18-14-10-12(21)8-9-17(14)26-16-7-5-4-6-13(16)15(18)11-22(24)25/h4-10,15,18H,11H2,1-3H3/t15-,18-/m1/s1. The highest BCUT2D eigenvalue weighted by atomic mass is 35.5. The summed E-state index contributed by atoms with van der Waals surface area (Å²) in [4.78, 5) is 24.1. The normalized spacial score (nSPS) is 18.5. The van der Waals surface area contributed by atoms with Gasteiger partial charge in [0.15, 0.2) is 0 Å². The van der Waals surface area contributed by atoms with E-state index in [9.17, 15) is 14.9 Å². The number of halogens is 1. The number of hydrogen-bond donors (Lipinski definition) is 0. The molecule has 0 N–H and O–H groups in total. The second kappa shape index (κ2) is 7.19. The van der Waals surface area contributed by atoms with Gasteiger partial charge >= 0.3 is 5.97 Å². The summed E-state index contributed by atoms with van der Waals surface area (Å²) in [6, 6.07) is 12.0. The minimum atomic E-state index is -0.910. The van der Waals surface area contributed by atoms with Crippen LogP contribution in [-0.4, -0.2) is 23.0 Å². The number of nitrogens with zero attached hydrogens (tertiary/aromatic N) is 1. The van der Waals surface area contributed by atoms with Gasteiger partial charge in [-0.15, -0.1) is 0 Å². The van der Waals surface area contributed by atoms with Gasteiger partial charge < -0.3 is 9.47 Å². The van der Waals surface area contributed by atoms with Gasteiger partial charge in [-0.25, -0.2) is 0 Å². The van der Waals surface area contributed by atoms with Gasteiger partial charge in [0.05, 0.1) is 11.8 Å². The first-order valence-electron chi connectivity index (χ1n) is 8.56. The smallest absolute Gasteiger partial charge is 0.314 e. The summed E-state index contributed by atoms with van der Waals surface area (Å²) >= 11 is 6.16. The molecular weight excluding hydrogens is 370 g/mol. The van der Waals surface area contributed by atoms with Crippen LogP contribution in [0, 0.1) is 10.1 Å². The van der Waals surface area contributed by atoms with Crippen LogP contribution in [0.5, 0.6) is 11.5 Å². The number of para-hydroxylation sites is 1. The van der Waals surface area contributed by atoms with Crippen LogP contribution in [0.25, 0.3) is 0 Å². The average Bonchev–Trinajstić information content (AvgIpc) is 2.67. The molecule has 3 rings (SSSR count). The second-order valence-corrected chi connectivity index (χ2v) is 7.89. The quantitative estimate of drug-likeness (QED) is 0.422. The lowest BCUT2D eigenvalue weighted by atomic mass is 9.81. The Labute approximate surface area is 162 Å². The topological polar surface area (TPSA) is 78.7 Å². The summed E-state index contributed by atoms with van der Waals surface area (Å²) in [5.74, 6) is -1.27. The van der Waals surface area contributed by atoms with Crippen molar-refractivity contribution in [2.45, 2.75) is 38.2 Å². The minimum absolute atomic E-state index is 0.414. The molecule has 2 atom stereocenters. The number of rotatable bonds is 3. The fraction of sp³-hybridized carbons (Fsp3) is 0.350. The zero-order valence-electron chi connectivity index (χ0n) is 15.3. The Morgan fingerprint density at radius 2 is 1.85 bits per heavy atom. The van der Waals surface area contributed by atoms with Crippen molar-refractivity contribution in [3.63, 3.8) is 0 Å². The highest BCUT2D eigenvalue weighted by molar-refractivity contribution is 6.30. The van der Waals surface area contributed by atoms with Crippen LogP contribution >= 0.6 is 11.6 Å². The van der Waals surface area contributed by atoms with Crippen LogP contribution in [-0.2, 0) is 9.53 Å². The minimum Gasteiger partial charge on any atom is -0.459 e. The average molecular weight is 390 g/mol. The highest BCUT2D eigenvalue weighted by Crippen LogP contribution is 2.47. The molecule has 1 aliphatic heterocycles. The van der Waals surface area contributed by atoms with Gasteiger partial charge in [-0.3, -0.25) is 14.9 Å². The third-order valence-corrected chi connectivity index (χ3v) is 4.49. The Balaban J connectivity index is 2.21. The summed E-state index contributed by atoms with van der Waals surface area (Å²) in [6.45, 7) is 4.84. The van der Waals surface area contributed by atoms with E-state index in [2.05, 4.69) is 0 Å². The monoisotopic (exact) mass is 389 g/mol. The van der Waals surface area contributed by atoms with E-state index < -0.39 is 34.9 Å². The fourth-order valence-electron chi connectivity index (χ4n) is 3.27. The Bertz CT molecular complexity index is 890. The largest absolute Gasteiger partial charge is 0.459 e. The Hall–Kier alpha value is -2.60. The van der Waals surface area contributed by atoms with Crippen LogP contribution < -0.4 is 4.74 Å². The summed E-state index contributed by atoms with van der Waals surface area (Å²) in [6.07, 6.45) is 0. The Kier molecular flexibility index (Phi) is 5.11. The molecule has 1 heterocycles. The number of hydrogen-bond acceptors (Lipinski definition) is 5. The number of ether oxygens (including phenoxy) is 2. The van der Waals surface area contributed by atoms with Gasteiger partial charge in [-0.2, -0.15) is 0 Å². The van der Waals surface area contributed by atoms with E-state index >= 15 is 0 Å². The van der Waals surface area contributed by atoms with E-state index in [1.807, 2.05) is 0 Å². The van der Waals surface area contributed by atoms with Crippen LogP contribution in [0.2, 0.25) is 5.02 Å². The SMILES string of the molecule is CC(C)(C)OC(=O)[C@@H]1c2cc(Cl)ccc2Oc2ccccc2[C@H]1C[N+](=O)[O-]. The molecule has 2 aromatic rings. The van der Waals surface area contributed by atoms with Crippen molar-refractivity contribution < 1.29 is 19.2 Å². The third kappa shape index (κ3) is 4.22. The maximum absolute atomic E-state index is 13.1. The van der Waals surface area contributed by atoms with Crippen molar-refractivity contribution in [2.75, 3.05) is 6.54 Å². The van der Waals surface area contributed by atoms with Crippen molar-refractivity contribution in [1.29, 1.82) is 0 Å². The molecule has 0 bridgehead atoms. The highest BCUT2D eigenvalue weighted by Gasteiger charge is 2.42. The molecule has 0 saturated heterocycles. The van der Waals surface area contributed by atoms with Gasteiger partial charge in [0.1, 0.15) is 17.1 Å². The first-order chi connectivity index (χ1) is 12.7. The molecule has 6 nitrogen and oxygen atoms in total. The van der Waals surface area contributed by atoms with E-state index in [4.69, 9.17) is 21.1 Å². The summed E-state index contributed by atoms with van der Waals surface area (Å²) in [5, 5.41) is 11.8. The number of esters is 1. The Morgan fingerprint density at radius 1 is 1.19 bits per heavy atom. The lowest BCUT2D eigenvalue weighted by molar-refractivity contribution is -0.483. The predicted octanol–water partition coefficient (Wildman–Crippen LogP) is 4.93. The maximum Gasteiger partial charge on any atom is 0.314 e. The number of carbonyl (C=O) groups excluding carboxylic acids is 1. The number of carbonyl (C=O) groups is 1. The zero-order valence-corrected chi connectivity index (χ0v) is 16.0. The molecule has 0 spiro atoms. The molecule has 0 radical (unpaired) electrons. The van der Waals surface area contributed by atoms with E-state index in [1.165, 1.54) is 0 Å². The van der Waals surface area contributed by atoms with Gasteiger partial charge in [0.2, 0.25) is 6.54 Å². The molecule has 1 aliphatic rings. The Morgan fingerprint density at radius 3 is 2.52 bits per heavy atom. The molecule has 0 aromatic heterocycles. The zero-order chi connectivity index (χ0) is 19.8. The van der Waals surface area contributed by atoms with E-state index in [1.54, 1.807) is 63.2 Å². The van der Waals surface area contributed by atoms with Gasteiger partial charge in [0, 0.05) is 21.1 Å². The number of fused-ring (bicyclic) bond motifs is 2. The molecule has 2 aromatic carbocycles. The maximum atomic E-state index is 13.1. The van der Waals surface area contributed by atoms with Crippen LogP contribution in [0.15, 0.2) is 42.5 Å². The first kappa shape index (κ1) is 19.2. The van der Waals surface area contributed by atoms with Crippen molar-refractivity contribution in [1.82, 2.24) is 0 Å². The molecule has 142 valence electrons. The molecule has 27 heavy (non-hydrogen) atoms. The molecule has 0 fully saturated rings. The fourth-order valence-corrected chi connectivity index (χ4v) is 3.45. The van der Waals surface area contributed by atoms with Gasteiger partial charge in [-0.05, 0) is 45.0 Å². The summed E-state index contributed by atoms with van der Waals surface area (Å²) < 4.78 is 11.6. The summed E-state index contributed by atoms with van der Waals surface area (Å²) in [5.41, 5.74) is 0.346. The van der Waals surface area contributed by atoms with Gasteiger partial charge in [0.25, 0.3) is 0 Å². The van der Waals surface area contributed by atoms with E-state index in [0.29, 0.717) is 27.6 Å². The predicted molar refractivity (Wildman–Crippen MR) is 101 cm³/mol. The van der Waals surface area contributed by atoms with Crippen LogP contribution in [0.1, 0.15) is 43.7 Å². The lowest BCUT2D eigenvalue weighted by Crippen LogP contribution is -2.32. The van der Waals surface area contributed by atoms with Crippen molar-refractivity contribution in [3.05, 3.63) is 68.7 Å². The summed E-state index contributed by atoms with van der Waals surface area (Å²) in [7, 11) is 0. The lowest BCUT2D eigenvalue weighted by Gasteiger charge is -2.27. The molecular formula is C20H20ClNO5. The second-order valence-electron chi connectivity index (χ2n) is 7.45. The van der Waals surface area contributed by atoms with E-state index in [-0.39, 0.29) is 0 Å². The van der Waals surface area contributed by atoms with Crippen molar-refractivity contribution in [2.24, 2.45) is 0 Å². The third-order valence-electron chi connectivity index (χ3n) is 4.25. The van der Waals surface area contributed by atoms with Crippen LogP contribution in [0.3, 0.4) is 0 Å². The molecule has 0 unspecified atom stereocenters. The van der Waals surface area contributed by atoms with Gasteiger partial charge in [-0.1, -0.05) is 29.8 Å². The number of benzene rings is 2. The number of nitro groups is 1. The van der Waals surface area contributed by atoms with Crippen molar-refractivity contribution in [3.8, 4) is 11.5 Å². The first-order valence-corrected chi connectivity index (χ1v) is 8.94. The molecule has 0 saturated carbocycles. The van der Waals surface area contributed by atoms with Crippen molar-refractivity contribution >= 4 is 17.6 Å².